The maximum absolute atomic E-state index is 12.7. The van der Waals surface area contributed by atoms with Crippen LogP contribution in [0.1, 0.15) is 11.1 Å². The van der Waals surface area contributed by atoms with Crippen molar-refractivity contribution in [3.05, 3.63) is 59.3 Å². The third-order valence-corrected chi connectivity index (χ3v) is 4.70. The SMILES string of the molecule is COc1ccc(/C=C2\C(=O)N(C)C(=S)N2c2ccc(C)cc2)cc1OC. The topological polar surface area (TPSA) is 42.0 Å². The first-order valence-corrected chi connectivity index (χ1v) is 8.49. The van der Waals surface area contributed by atoms with Crippen LogP contribution in [0.4, 0.5) is 5.69 Å². The van der Waals surface area contributed by atoms with Gasteiger partial charge in [-0.15, -0.1) is 0 Å². The Morgan fingerprint density at radius 1 is 1.00 bits per heavy atom. The van der Waals surface area contributed by atoms with Gasteiger partial charge in [0.2, 0.25) is 0 Å². The molecule has 0 N–H and O–H groups in total. The van der Waals surface area contributed by atoms with Crippen molar-refractivity contribution < 1.29 is 14.3 Å². The molecule has 1 saturated heterocycles. The lowest BCUT2D eigenvalue weighted by molar-refractivity contribution is -0.121. The van der Waals surface area contributed by atoms with Gasteiger partial charge in [0.1, 0.15) is 5.70 Å². The Kier molecular flexibility index (Phi) is 4.95. The van der Waals surface area contributed by atoms with Gasteiger partial charge in [-0.05, 0) is 55.0 Å². The Labute approximate surface area is 158 Å². The normalized spacial score (nSPS) is 15.8. The van der Waals surface area contributed by atoms with Gasteiger partial charge in [0.25, 0.3) is 5.91 Å². The number of carbonyl (C=O) groups is 1. The molecule has 1 heterocycles. The van der Waals surface area contributed by atoms with E-state index in [-0.39, 0.29) is 5.91 Å². The predicted molar refractivity (Wildman–Crippen MR) is 107 cm³/mol. The number of benzene rings is 2. The van der Waals surface area contributed by atoms with E-state index in [1.807, 2.05) is 49.4 Å². The first-order chi connectivity index (χ1) is 12.5. The van der Waals surface area contributed by atoms with Crippen molar-refractivity contribution in [3.8, 4) is 11.5 Å². The number of likely N-dealkylation sites (N-methyl/N-ethyl adjacent to an activating group) is 1. The van der Waals surface area contributed by atoms with Crippen LogP contribution in [-0.4, -0.2) is 37.2 Å². The fourth-order valence-corrected chi connectivity index (χ4v) is 3.06. The van der Waals surface area contributed by atoms with Gasteiger partial charge >= 0.3 is 0 Å². The van der Waals surface area contributed by atoms with E-state index in [2.05, 4.69) is 0 Å². The molecule has 0 unspecified atom stereocenters. The van der Waals surface area contributed by atoms with E-state index in [1.165, 1.54) is 4.90 Å². The van der Waals surface area contributed by atoms with Crippen LogP contribution in [0.3, 0.4) is 0 Å². The molecular formula is C20H20N2O3S. The van der Waals surface area contributed by atoms with Crippen molar-refractivity contribution in [1.29, 1.82) is 0 Å². The van der Waals surface area contributed by atoms with Gasteiger partial charge < -0.3 is 9.47 Å². The minimum absolute atomic E-state index is 0.148. The highest BCUT2D eigenvalue weighted by Crippen LogP contribution is 2.32. The lowest BCUT2D eigenvalue weighted by atomic mass is 10.1. The number of anilines is 1. The zero-order valence-corrected chi connectivity index (χ0v) is 16.0. The largest absolute Gasteiger partial charge is 0.493 e. The maximum atomic E-state index is 12.7. The second kappa shape index (κ2) is 7.17. The number of amides is 1. The molecule has 5 nitrogen and oxygen atoms in total. The van der Waals surface area contributed by atoms with Gasteiger partial charge in [0, 0.05) is 12.7 Å². The first-order valence-electron chi connectivity index (χ1n) is 8.08. The molecule has 0 radical (unpaired) electrons. The van der Waals surface area contributed by atoms with Crippen LogP contribution >= 0.6 is 12.2 Å². The number of hydrogen-bond acceptors (Lipinski definition) is 4. The molecule has 0 atom stereocenters. The van der Waals surface area contributed by atoms with Crippen molar-refractivity contribution >= 4 is 35.0 Å². The summed E-state index contributed by atoms with van der Waals surface area (Å²) in [5.74, 6) is 1.09. The number of hydrogen-bond donors (Lipinski definition) is 0. The summed E-state index contributed by atoms with van der Waals surface area (Å²) in [5, 5.41) is 0.450. The molecule has 134 valence electrons. The standard InChI is InChI=1S/C20H20N2O3S/c1-13-5-8-15(9-6-13)22-16(19(23)21(2)20(22)26)11-14-7-10-17(24-3)18(12-14)25-4/h5-12H,1-4H3/b16-11+. The van der Waals surface area contributed by atoms with E-state index in [1.54, 1.807) is 32.2 Å². The van der Waals surface area contributed by atoms with Crippen LogP contribution in [-0.2, 0) is 4.79 Å². The molecule has 3 rings (SSSR count). The Balaban J connectivity index is 2.07. The molecule has 1 fully saturated rings. The number of ether oxygens (including phenoxy) is 2. The number of methoxy groups -OCH3 is 2. The van der Waals surface area contributed by atoms with Crippen LogP contribution in [0.2, 0.25) is 0 Å². The summed E-state index contributed by atoms with van der Waals surface area (Å²) in [4.78, 5) is 16.0. The quantitative estimate of drug-likeness (QED) is 0.609. The average Bonchev–Trinajstić information content (AvgIpc) is 2.86. The van der Waals surface area contributed by atoms with Crippen LogP contribution in [0, 0.1) is 6.92 Å². The molecule has 2 aromatic rings. The first kappa shape index (κ1) is 17.9. The van der Waals surface area contributed by atoms with E-state index in [0.717, 1.165) is 16.8 Å². The molecule has 2 aromatic carbocycles. The van der Waals surface area contributed by atoms with Gasteiger partial charge in [0.15, 0.2) is 16.6 Å². The summed E-state index contributed by atoms with van der Waals surface area (Å²) in [6.07, 6.45) is 1.81. The monoisotopic (exact) mass is 368 g/mol. The van der Waals surface area contributed by atoms with Gasteiger partial charge in [0.05, 0.1) is 14.2 Å². The summed E-state index contributed by atoms with van der Waals surface area (Å²) in [5.41, 5.74) is 3.31. The highest BCUT2D eigenvalue weighted by atomic mass is 32.1. The second-order valence-corrected chi connectivity index (χ2v) is 6.33. The van der Waals surface area contributed by atoms with Gasteiger partial charge in [-0.1, -0.05) is 23.8 Å². The van der Waals surface area contributed by atoms with Gasteiger partial charge in [-0.3, -0.25) is 14.6 Å². The zero-order chi connectivity index (χ0) is 18.8. The lowest BCUT2D eigenvalue weighted by Gasteiger charge is -2.19. The summed E-state index contributed by atoms with van der Waals surface area (Å²) in [7, 11) is 4.85. The average molecular weight is 368 g/mol. The van der Waals surface area contributed by atoms with Gasteiger partial charge in [-0.25, -0.2) is 0 Å². The van der Waals surface area contributed by atoms with Crippen molar-refractivity contribution in [2.24, 2.45) is 0 Å². The molecule has 0 spiro atoms. The Morgan fingerprint density at radius 3 is 2.27 bits per heavy atom. The minimum Gasteiger partial charge on any atom is -0.493 e. The molecule has 0 bridgehead atoms. The Morgan fingerprint density at radius 2 is 1.65 bits per heavy atom. The summed E-state index contributed by atoms with van der Waals surface area (Å²) >= 11 is 5.48. The van der Waals surface area contributed by atoms with Crippen molar-refractivity contribution in [2.45, 2.75) is 6.92 Å². The van der Waals surface area contributed by atoms with Crippen molar-refractivity contribution in [2.75, 3.05) is 26.2 Å². The highest BCUT2D eigenvalue weighted by molar-refractivity contribution is 7.80. The van der Waals surface area contributed by atoms with Gasteiger partial charge in [-0.2, -0.15) is 0 Å². The number of thiocarbonyl (C=S) groups is 1. The van der Waals surface area contributed by atoms with Crippen LogP contribution in [0.5, 0.6) is 11.5 Å². The third kappa shape index (κ3) is 3.15. The lowest BCUT2D eigenvalue weighted by Crippen LogP contribution is -2.29. The molecule has 26 heavy (non-hydrogen) atoms. The summed E-state index contributed by atoms with van der Waals surface area (Å²) < 4.78 is 10.6. The summed E-state index contributed by atoms with van der Waals surface area (Å²) in [6, 6.07) is 13.4. The fourth-order valence-electron chi connectivity index (χ4n) is 2.78. The number of rotatable bonds is 4. The molecule has 0 aromatic heterocycles. The molecule has 6 heteroatoms. The second-order valence-electron chi connectivity index (χ2n) is 5.96. The molecule has 1 aliphatic rings. The minimum atomic E-state index is -0.148. The maximum Gasteiger partial charge on any atom is 0.276 e. The predicted octanol–water partition coefficient (Wildman–Crippen LogP) is 3.62. The zero-order valence-electron chi connectivity index (χ0n) is 15.1. The third-order valence-electron chi connectivity index (χ3n) is 4.25. The van der Waals surface area contributed by atoms with E-state index in [0.29, 0.717) is 22.3 Å². The number of aryl methyl sites for hydroxylation is 1. The highest BCUT2D eigenvalue weighted by Gasteiger charge is 2.36. The molecule has 0 aliphatic carbocycles. The van der Waals surface area contributed by atoms with Crippen molar-refractivity contribution in [1.82, 2.24) is 4.90 Å². The van der Waals surface area contributed by atoms with E-state index >= 15 is 0 Å². The van der Waals surface area contributed by atoms with Crippen LogP contribution in [0.15, 0.2) is 48.2 Å². The summed E-state index contributed by atoms with van der Waals surface area (Å²) in [6.45, 7) is 2.02. The molecule has 1 amide bonds. The Hall–Kier alpha value is -2.86. The van der Waals surface area contributed by atoms with Crippen LogP contribution in [0.25, 0.3) is 6.08 Å². The molecule has 0 saturated carbocycles. The van der Waals surface area contributed by atoms with E-state index in [9.17, 15) is 4.79 Å². The molecule has 1 aliphatic heterocycles. The smallest absolute Gasteiger partial charge is 0.276 e. The van der Waals surface area contributed by atoms with Crippen LogP contribution < -0.4 is 14.4 Å². The fraction of sp³-hybridized carbons (Fsp3) is 0.200. The van der Waals surface area contributed by atoms with E-state index < -0.39 is 0 Å². The number of carbonyl (C=O) groups excluding carboxylic acids is 1. The Bertz CT molecular complexity index is 890. The van der Waals surface area contributed by atoms with Crippen molar-refractivity contribution in [3.63, 3.8) is 0 Å². The van der Waals surface area contributed by atoms with E-state index in [4.69, 9.17) is 21.7 Å². The molecular weight excluding hydrogens is 348 g/mol. The number of nitrogens with zero attached hydrogens (tertiary/aromatic N) is 2.